The Kier molecular flexibility index (Phi) is 5.65. The number of carbonyl (C=O) groups is 1. The summed E-state index contributed by atoms with van der Waals surface area (Å²) in [6.07, 6.45) is 2.18. The molecule has 1 saturated heterocycles. The molecule has 0 aliphatic carbocycles. The van der Waals surface area contributed by atoms with Crippen molar-refractivity contribution in [3.63, 3.8) is 0 Å². The number of carbonyl (C=O) groups excluding carboxylic acids is 1. The third-order valence-corrected chi connectivity index (χ3v) is 8.11. The number of para-hydroxylation sites is 1. The predicted octanol–water partition coefficient (Wildman–Crippen LogP) is 2.64. The largest absolute Gasteiger partial charge is 0.361 e. The molecule has 0 spiro atoms. The normalized spacial score (nSPS) is 15.8. The summed E-state index contributed by atoms with van der Waals surface area (Å²) in [5, 5.41) is 5.47. The second kappa shape index (κ2) is 8.12. The Hall–Kier alpha value is -2.65. The average molecular weight is 444 g/mol. The number of aryl methyl sites for hydroxylation is 1. The van der Waals surface area contributed by atoms with Gasteiger partial charge in [0.1, 0.15) is 4.90 Å². The van der Waals surface area contributed by atoms with Crippen molar-refractivity contribution in [2.75, 3.05) is 26.2 Å². The van der Waals surface area contributed by atoms with E-state index in [1.165, 1.54) is 4.31 Å². The van der Waals surface area contributed by atoms with E-state index in [9.17, 15) is 13.2 Å². The molecular formula is C22H29N5O3S. The molecular weight excluding hydrogens is 414 g/mol. The predicted molar refractivity (Wildman–Crippen MR) is 119 cm³/mol. The summed E-state index contributed by atoms with van der Waals surface area (Å²) in [5.74, 6) is 0.0155. The van der Waals surface area contributed by atoms with Crippen LogP contribution in [0.2, 0.25) is 0 Å². The topological polar surface area (TPSA) is 91.3 Å². The van der Waals surface area contributed by atoms with Crippen LogP contribution in [0, 0.1) is 13.8 Å². The fourth-order valence-corrected chi connectivity index (χ4v) is 6.17. The van der Waals surface area contributed by atoms with Crippen LogP contribution < -0.4 is 0 Å². The van der Waals surface area contributed by atoms with Crippen molar-refractivity contribution in [2.45, 2.75) is 45.1 Å². The molecule has 166 valence electrons. The lowest BCUT2D eigenvalue weighted by molar-refractivity contribution is -0.131. The van der Waals surface area contributed by atoms with Gasteiger partial charge < -0.3 is 9.88 Å². The maximum atomic E-state index is 13.3. The van der Waals surface area contributed by atoms with Crippen molar-refractivity contribution >= 4 is 26.8 Å². The highest BCUT2D eigenvalue weighted by molar-refractivity contribution is 7.89. The minimum atomic E-state index is -3.66. The highest BCUT2D eigenvalue weighted by Crippen LogP contribution is 2.26. The number of nitrogens with one attached hydrogen (secondary N) is 1. The minimum Gasteiger partial charge on any atom is -0.361 e. The van der Waals surface area contributed by atoms with E-state index in [0.29, 0.717) is 35.8 Å². The van der Waals surface area contributed by atoms with Crippen LogP contribution in [0.4, 0.5) is 0 Å². The third-order valence-electron chi connectivity index (χ3n) is 5.95. The first-order valence-corrected chi connectivity index (χ1v) is 12.0. The Balaban J connectivity index is 1.45. The summed E-state index contributed by atoms with van der Waals surface area (Å²) in [4.78, 5) is 18.1. The molecule has 1 N–H and O–H groups in total. The van der Waals surface area contributed by atoms with E-state index < -0.39 is 10.0 Å². The lowest BCUT2D eigenvalue weighted by Gasteiger charge is -2.34. The number of hydrogen-bond donors (Lipinski definition) is 1. The number of H-pyrrole nitrogens is 1. The van der Waals surface area contributed by atoms with Crippen LogP contribution in [0.1, 0.15) is 36.8 Å². The van der Waals surface area contributed by atoms with E-state index in [4.69, 9.17) is 0 Å². The molecule has 0 unspecified atom stereocenters. The third kappa shape index (κ3) is 3.87. The van der Waals surface area contributed by atoms with Crippen molar-refractivity contribution in [1.29, 1.82) is 0 Å². The number of piperazine rings is 1. The highest BCUT2D eigenvalue weighted by Gasteiger charge is 2.34. The van der Waals surface area contributed by atoms with E-state index in [2.05, 4.69) is 10.1 Å². The van der Waals surface area contributed by atoms with Gasteiger partial charge in [-0.2, -0.15) is 9.40 Å². The van der Waals surface area contributed by atoms with Gasteiger partial charge in [0.05, 0.1) is 17.8 Å². The molecule has 4 rings (SSSR count). The maximum Gasteiger partial charge on any atom is 0.246 e. The second-order valence-electron chi connectivity index (χ2n) is 8.36. The Morgan fingerprint density at radius 2 is 1.81 bits per heavy atom. The number of sulfonamides is 1. The summed E-state index contributed by atoms with van der Waals surface area (Å²) < 4.78 is 29.8. The highest BCUT2D eigenvalue weighted by atomic mass is 32.2. The summed E-state index contributed by atoms with van der Waals surface area (Å²) >= 11 is 0. The van der Waals surface area contributed by atoms with Crippen molar-refractivity contribution in [1.82, 2.24) is 24.0 Å². The second-order valence-corrected chi connectivity index (χ2v) is 10.2. The smallest absolute Gasteiger partial charge is 0.246 e. The van der Waals surface area contributed by atoms with Crippen LogP contribution in [0.3, 0.4) is 0 Å². The van der Waals surface area contributed by atoms with E-state index in [1.807, 2.05) is 44.3 Å². The SMILES string of the molecule is Cc1nn(C(C)C)c(C)c1S(=O)(=O)N1CCN(C(=O)Cc2c[nH]c3ccccc23)CC1. The molecule has 0 radical (unpaired) electrons. The van der Waals surface area contributed by atoms with Gasteiger partial charge in [-0.3, -0.25) is 9.48 Å². The van der Waals surface area contributed by atoms with E-state index in [-0.39, 0.29) is 25.0 Å². The van der Waals surface area contributed by atoms with Crippen molar-refractivity contribution in [2.24, 2.45) is 0 Å². The first-order chi connectivity index (χ1) is 14.7. The standard InChI is InChI=1S/C22H29N5O3S/c1-15(2)27-17(4)22(16(3)24-27)31(29,30)26-11-9-25(10-12-26)21(28)13-18-14-23-20-8-6-5-7-19(18)20/h5-8,14-15,23H,9-13H2,1-4H3. The van der Waals surface area contributed by atoms with Crippen LogP contribution in [-0.2, 0) is 21.2 Å². The molecule has 1 aliphatic heterocycles. The van der Waals surface area contributed by atoms with Crippen molar-refractivity contribution in [3.8, 4) is 0 Å². The van der Waals surface area contributed by atoms with Crippen LogP contribution >= 0.6 is 0 Å². The van der Waals surface area contributed by atoms with Gasteiger partial charge in [-0.25, -0.2) is 8.42 Å². The molecule has 1 fully saturated rings. The van der Waals surface area contributed by atoms with Crippen LogP contribution in [0.25, 0.3) is 10.9 Å². The maximum absolute atomic E-state index is 13.3. The Morgan fingerprint density at radius 1 is 1.13 bits per heavy atom. The summed E-state index contributed by atoms with van der Waals surface area (Å²) in [7, 11) is -3.66. The summed E-state index contributed by atoms with van der Waals surface area (Å²) in [6, 6.07) is 7.98. The molecule has 3 aromatic rings. The number of hydrogen-bond acceptors (Lipinski definition) is 4. The first kappa shape index (κ1) is 21.6. The van der Waals surface area contributed by atoms with Gasteiger partial charge in [-0.05, 0) is 39.3 Å². The molecule has 1 aliphatic rings. The molecule has 0 atom stereocenters. The molecule has 3 heterocycles. The molecule has 31 heavy (non-hydrogen) atoms. The van der Waals surface area contributed by atoms with Gasteiger partial charge in [-0.15, -0.1) is 0 Å². The monoisotopic (exact) mass is 443 g/mol. The van der Waals surface area contributed by atoms with Crippen molar-refractivity contribution < 1.29 is 13.2 Å². The lowest BCUT2D eigenvalue weighted by atomic mass is 10.1. The van der Waals surface area contributed by atoms with Gasteiger partial charge in [0, 0.05) is 49.3 Å². The van der Waals surface area contributed by atoms with Crippen molar-refractivity contribution in [3.05, 3.63) is 47.4 Å². The molecule has 8 nitrogen and oxygen atoms in total. The number of benzene rings is 1. The zero-order chi connectivity index (χ0) is 22.3. The minimum absolute atomic E-state index is 0.0155. The average Bonchev–Trinajstić information content (AvgIpc) is 3.28. The summed E-state index contributed by atoms with van der Waals surface area (Å²) in [5.41, 5.74) is 3.14. The Morgan fingerprint density at radius 3 is 2.45 bits per heavy atom. The Labute approximate surface area is 182 Å². The fraction of sp³-hybridized carbons (Fsp3) is 0.455. The zero-order valence-electron chi connectivity index (χ0n) is 18.4. The number of aromatic amines is 1. The number of aromatic nitrogens is 3. The quantitative estimate of drug-likeness (QED) is 0.656. The lowest BCUT2D eigenvalue weighted by Crippen LogP contribution is -2.51. The van der Waals surface area contributed by atoms with E-state index >= 15 is 0 Å². The van der Waals surface area contributed by atoms with Gasteiger partial charge in [0.15, 0.2) is 0 Å². The molecule has 2 aromatic heterocycles. The zero-order valence-corrected chi connectivity index (χ0v) is 19.2. The van der Waals surface area contributed by atoms with Crippen LogP contribution in [0.5, 0.6) is 0 Å². The molecule has 1 amide bonds. The van der Waals surface area contributed by atoms with Gasteiger partial charge in [0.25, 0.3) is 0 Å². The molecule has 0 bridgehead atoms. The van der Waals surface area contributed by atoms with Crippen LogP contribution in [0.15, 0.2) is 35.4 Å². The molecule has 9 heteroatoms. The van der Waals surface area contributed by atoms with Gasteiger partial charge in [0.2, 0.25) is 15.9 Å². The Bertz CT molecular complexity index is 1220. The fourth-order valence-electron chi connectivity index (χ4n) is 4.38. The van der Waals surface area contributed by atoms with Gasteiger partial charge in [-0.1, -0.05) is 18.2 Å². The number of fused-ring (bicyclic) bond motifs is 1. The van der Waals surface area contributed by atoms with Crippen LogP contribution in [-0.4, -0.2) is 64.5 Å². The summed E-state index contributed by atoms with van der Waals surface area (Å²) in [6.45, 7) is 8.84. The number of rotatable bonds is 5. The molecule has 0 saturated carbocycles. The van der Waals surface area contributed by atoms with Gasteiger partial charge >= 0.3 is 0 Å². The van der Waals surface area contributed by atoms with E-state index in [1.54, 1.807) is 23.4 Å². The molecule has 1 aromatic carbocycles. The number of nitrogens with zero attached hydrogens (tertiary/aromatic N) is 4. The van der Waals surface area contributed by atoms with E-state index in [0.717, 1.165) is 16.5 Å². The first-order valence-electron chi connectivity index (χ1n) is 10.6. The number of amides is 1.